The van der Waals surface area contributed by atoms with Gasteiger partial charge >= 0.3 is 0 Å². The molecule has 4 aromatic carbocycles. The zero-order valence-electron chi connectivity index (χ0n) is 19.2. The van der Waals surface area contributed by atoms with Crippen molar-refractivity contribution >= 4 is 43.5 Å². The van der Waals surface area contributed by atoms with Crippen molar-refractivity contribution in [1.82, 2.24) is 15.0 Å². The Balaban J connectivity index is 1.35. The van der Waals surface area contributed by atoms with Crippen molar-refractivity contribution in [3.05, 3.63) is 115 Å². The van der Waals surface area contributed by atoms with Gasteiger partial charge in [0.15, 0.2) is 0 Å². The molecule has 0 amide bonds. The number of hydrogen-bond donors (Lipinski definition) is 0. The average Bonchev–Trinajstić information content (AvgIpc) is 2.91. The molecule has 0 N–H and O–H groups in total. The Morgan fingerprint density at radius 3 is 1.80 bits per heavy atom. The average molecular weight is 448 g/mol. The molecule has 7 rings (SSSR count). The van der Waals surface area contributed by atoms with E-state index in [1.54, 1.807) is 0 Å². The first kappa shape index (κ1) is 19.8. The molecule has 0 atom stereocenters. The van der Waals surface area contributed by atoms with Gasteiger partial charge < -0.3 is 0 Å². The molecule has 0 unspecified atom stereocenters. The van der Waals surface area contributed by atoms with Gasteiger partial charge in [0.1, 0.15) is 0 Å². The molecule has 0 fully saturated rings. The normalized spacial score (nSPS) is 11.6. The summed E-state index contributed by atoms with van der Waals surface area (Å²) in [6, 6.07) is 38.1. The first-order valence-corrected chi connectivity index (χ1v) is 11.8. The van der Waals surface area contributed by atoms with Crippen LogP contribution in [0.3, 0.4) is 0 Å². The highest BCUT2D eigenvalue weighted by Crippen LogP contribution is 2.30. The van der Waals surface area contributed by atoms with Crippen molar-refractivity contribution < 1.29 is 0 Å². The Bertz CT molecular complexity index is 1920. The molecular weight excluding hydrogens is 426 g/mol. The van der Waals surface area contributed by atoms with Gasteiger partial charge in [-0.05, 0) is 54.1 Å². The fraction of sp³-hybridized carbons (Fsp3) is 0.0312. The molecule has 3 heteroatoms. The molecule has 0 aliphatic carbocycles. The second-order valence-electron chi connectivity index (χ2n) is 9.03. The monoisotopic (exact) mass is 447 g/mol. The summed E-state index contributed by atoms with van der Waals surface area (Å²) in [7, 11) is 0. The molecule has 3 heterocycles. The largest absolute Gasteiger partial charge is 0.251 e. The number of aryl methyl sites for hydroxylation is 1. The summed E-state index contributed by atoms with van der Waals surface area (Å²) in [5, 5.41) is 5.79. The molecule has 35 heavy (non-hydrogen) atoms. The smallest absolute Gasteiger partial charge is 0.0972 e. The zero-order chi connectivity index (χ0) is 23.4. The number of pyridine rings is 3. The summed E-state index contributed by atoms with van der Waals surface area (Å²) < 4.78 is 0. The van der Waals surface area contributed by atoms with Crippen molar-refractivity contribution in [1.29, 1.82) is 0 Å². The van der Waals surface area contributed by atoms with Gasteiger partial charge in [-0.1, -0.05) is 72.8 Å². The van der Waals surface area contributed by atoms with Gasteiger partial charge in [-0.2, -0.15) is 0 Å². The van der Waals surface area contributed by atoms with Gasteiger partial charge in [0.05, 0.1) is 27.9 Å². The number of nitrogens with zero attached hydrogens (tertiary/aromatic N) is 3. The van der Waals surface area contributed by atoms with Crippen LogP contribution in [0.4, 0.5) is 0 Å². The molecule has 3 nitrogen and oxygen atoms in total. The van der Waals surface area contributed by atoms with Gasteiger partial charge in [-0.3, -0.25) is 4.98 Å². The van der Waals surface area contributed by atoms with E-state index >= 15 is 0 Å². The minimum Gasteiger partial charge on any atom is -0.251 e. The third-order valence-electron chi connectivity index (χ3n) is 6.67. The summed E-state index contributed by atoms with van der Waals surface area (Å²) in [5.74, 6) is 0. The molecule has 7 aromatic rings. The fourth-order valence-corrected chi connectivity index (χ4v) is 4.84. The molecule has 0 aliphatic heterocycles. The van der Waals surface area contributed by atoms with Crippen LogP contribution in [0.1, 0.15) is 5.69 Å². The second-order valence-corrected chi connectivity index (χ2v) is 9.03. The summed E-state index contributed by atoms with van der Waals surface area (Å²) in [5.41, 5.74) is 7.91. The van der Waals surface area contributed by atoms with Crippen molar-refractivity contribution in [3.63, 3.8) is 0 Å². The lowest BCUT2D eigenvalue weighted by molar-refractivity contribution is 1.25. The zero-order valence-corrected chi connectivity index (χ0v) is 19.2. The van der Waals surface area contributed by atoms with E-state index in [4.69, 9.17) is 15.0 Å². The third kappa shape index (κ3) is 3.41. The number of benzene rings is 4. The highest BCUT2D eigenvalue weighted by atomic mass is 14.8. The van der Waals surface area contributed by atoms with Crippen molar-refractivity contribution in [2.75, 3.05) is 0 Å². The van der Waals surface area contributed by atoms with Gasteiger partial charge in [0, 0.05) is 33.0 Å². The first-order valence-electron chi connectivity index (χ1n) is 11.8. The van der Waals surface area contributed by atoms with Crippen molar-refractivity contribution in [2.24, 2.45) is 0 Å². The minimum absolute atomic E-state index is 0.932. The van der Waals surface area contributed by atoms with Crippen LogP contribution in [0.2, 0.25) is 0 Å². The molecular formula is C32H21N3. The summed E-state index contributed by atoms with van der Waals surface area (Å²) in [4.78, 5) is 14.8. The molecule has 0 saturated heterocycles. The lowest BCUT2D eigenvalue weighted by atomic mass is 10.0. The maximum Gasteiger partial charge on any atom is 0.0972 e. The molecule has 0 saturated carbocycles. The quantitative estimate of drug-likeness (QED) is 0.198. The van der Waals surface area contributed by atoms with Gasteiger partial charge in [-0.15, -0.1) is 0 Å². The summed E-state index contributed by atoms with van der Waals surface area (Å²) >= 11 is 0. The van der Waals surface area contributed by atoms with Crippen LogP contribution >= 0.6 is 0 Å². The van der Waals surface area contributed by atoms with Gasteiger partial charge in [0.2, 0.25) is 0 Å². The van der Waals surface area contributed by atoms with Crippen LogP contribution in [-0.4, -0.2) is 15.0 Å². The van der Waals surface area contributed by atoms with Crippen molar-refractivity contribution in [3.8, 4) is 22.5 Å². The summed E-state index contributed by atoms with van der Waals surface area (Å²) in [6.07, 6.45) is 0. The molecule has 164 valence electrons. The van der Waals surface area contributed by atoms with E-state index in [0.29, 0.717) is 0 Å². The topological polar surface area (TPSA) is 38.7 Å². The van der Waals surface area contributed by atoms with E-state index in [1.807, 2.05) is 13.0 Å². The molecule has 0 bridgehead atoms. The van der Waals surface area contributed by atoms with Crippen LogP contribution in [0.15, 0.2) is 109 Å². The molecule has 0 radical (unpaired) electrons. The van der Waals surface area contributed by atoms with E-state index in [9.17, 15) is 0 Å². The molecule has 0 aliphatic rings. The SMILES string of the molecule is Cc1ccc2ccc3ccc(-c4cccc(-c5ccc6cc7ccccc7cc6n5)c4)nc3c2n1. The molecule has 3 aromatic heterocycles. The predicted octanol–water partition coefficient (Wildman–Crippen LogP) is 8.13. The van der Waals surface area contributed by atoms with Crippen molar-refractivity contribution in [2.45, 2.75) is 6.92 Å². The van der Waals surface area contributed by atoms with Crippen LogP contribution in [0.25, 0.3) is 66.0 Å². The lowest BCUT2D eigenvalue weighted by Gasteiger charge is -2.09. The Morgan fingerprint density at radius 2 is 1.03 bits per heavy atom. The maximum absolute atomic E-state index is 5.05. The third-order valence-corrected chi connectivity index (χ3v) is 6.67. The first-order chi connectivity index (χ1) is 17.2. The maximum atomic E-state index is 5.05. The lowest BCUT2D eigenvalue weighted by Crippen LogP contribution is -1.91. The minimum atomic E-state index is 0.932. The van der Waals surface area contributed by atoms with Crippen LogP contribution in [0.5, 0.6) is 0 Å². The Hall–Kier alpha value is -4.63. The number of hydrogen-bond acceptors (Lipinski definition) is 3. The predicted molar refractivity (Wildman–Crippen MR) is 145 cm³/mol. The summed E-state index contributed by atoms with van der Waals surface area (Å²) in [6.45, 7) is 2.02. The molecule has 0 spiro atoms. The number of aromatic nitrogens is 3. The highest BCUT2D eigenvalue weighted by molar-refractivity contribution is 6.03. The fourth-order valence-electron chi connectivity index (χ4n) is 4.84. The number of rotatable bonds is 2. The second kappa shape index (κ2) is 7.71. The van der Waals surface area contributed by atoms with Gasteiger partial charge in [-0.25, -0.2) is 9.97 Å². The standard InChI is InChI=1S/C32H21N3/c1-20-9-10-21-11-12-22-13-15-29(35-32(22)31(21)33-20)26-8-4-7-25(18-26)28-16-14-27-17-23-5-2-3-6-24(23)19-30(27)34-28/h2-19H,1H3. The van der Waals surface area contributed by atoms with E-state index in [-0.39, 0.29) is 0 Å². The van der Waals surface area contributed by atoms with Gasteiger partial charge in [0.25, 0.3) is 0 Å². The Morgan fingerprint density at radius 1 is 0.429 bits per heavy atom. The van der Waals surface area contributed by atoms with E-state index in [1.165, 1.54) is 10.8 Å². The van der Waals surface area contributed by atoms with Crippen LogP contribution in [0, 0.1) is 6.92 Å². The Labute approximate surface area is 202 Å². The van der Waals surface area contributed by atoms with E-state index < -0.39 is 0 Å². The van der Waals surface area contributed by atoms with Crippen LogP contribution in [-0.2, 0) is 0 Å². The van der Waals surface area contributed by atoms with E-state index in [0.717, 1.165) is 60.9 Å². The van der Waals surface area contributed by atoms with E-state index in [2.05, 4.69) is 103 Å². The highest BCUT2D eigenvalue weighted by Gasteiger charge is 2.09. The Kier molecular flexibility index (Phi) is 4.36. The van der Waals surface area contributed by atoms with Crippen LogP contribution < -0.4 is 0 Å². The number of fused-ring (bicyclic) bond motifs is 5.